The fourth-order valence-corrected chi connectivity index (χ4v) is 3.01. The van der Waals surface area contributed by atoms with Gasteiger partial charge in [-0.15, -0.1) is 0 Å². The third-order valence-corrected chi connectivity index (χ3v) is 4.57. The van der Waals surface area contributed by atoms with Crippen LogP contribution in [0, 0.1) is 13.8 Å². The Balaban J connectivity index is 1.74. The van der Waals surface area contributed by atoms with Gasteiger partial charge in [0.05, 0.1) is 17.4 Å². The van der Waals surface area contributed by atoms with Crippen molar-refractivity contribution in [2.24, 2.45) is 0 Å². The van der Waals surface area contributed by atoms with Gasteiger partial charge in [-0.25, -0.2) is 0 Å². The lowest BCUT2D eigenvalue weighted by Gasteiger charge is -2.14. The minimum atomic E-state index is -0.0333. The van der Waals surface area contributed by atoms with Crippen molar-refractivity contribution in [1.82, 2.24) is 10.3 Å². The predicted molar refractivity (Wildman–Crippen MR) is 93.2 cm³/mol. The summed E-state index contributed by atoms with van der Waals surface area (Å²) in [6, 6.07) is 8.32. The number of nitrogens with zero attached hydrogens (tertiary/aromatic N) is 1. The summed E-state index contributed by atoms with van der Waals surface area (Å²) in [5.41, 5.74) is 4.91. The first-order chi connectivity index (χ1) is 11.1. The quantitative estimate of drug-likeness (QED) is 0.893. The number of nitrogens with one attached hydrogen (secondary N) is 2. The van der Waals surface area contributed by atoms with E-state index in [9.17, 15) is 4.79 Å². The largest absolute Gasteiger partial charge is 0.354 e. The maximum absolute atomic E-state index is 12.3. The second kappa shape index (κ2) is 6.82. The summed E-state index contributed by atoms with van der Waals surface area (Å²) in [7, 11) is 0. The van der Waals surface area contributed by atoms with Crippen LogP contribution in [0.15, 0.2) is 36.7 Å². The lowest BCUT2D eigenvalue weighted by atomic mass is 10.1. The molecule has 0 spiro atoms. The molecule has 1 amide bonds. The molecule has 4 heteroatoms. The number of amides is 1. The van der Waals surface area contributed by atoms with Crippen LogP contribution in [0.1, 0.15) is 47.2 Å². The van der Waals surface area contributed by atoms with Gasteiger partial charge in [-0.1, -0.05) is 25.0 Å². The smallest absolute Gasteiger partial charge is 0.253 e. The van der Waals surface area contributed by atoms with Crippen molar-refractivity contribution in [3.05, 3.63) is 53.3 Å². The number of aromatic nitrogens is 1. The Labute approximate surface area is 137 Å². The molecule has 1 saturated carbocycles. The molecular weight excluding hydrogens is 286 g/mol. The predicted octanol–water partition coefficient (Wildman–Crippen LogP) is 4.11. The van der Waals surface area contributed by atoms with Crippen LogP contribution in [-0.2, 0) is 0 Å². The first-order valence-electron chi connectivity index (χ1n) is 8.22. The molecule has 120 valence electrons. The number of pyridine rings is 1. The molecular formula is C19H23N3O. The molecule has 2 N–H and O–H groups in total. The first kappa shape index (κ1) is 15.5. The van der Waals surface area contributed by atoms with Crippen molar-refractivity contribution in [1.29, 1.82) is 0 Å². The summed E-state index contributed by atoms with van der Waals surface area (Å²) in [4.78, 5) is 16.6. The van der Waals surface area contributed by atoms with Crippen molar-refractivity contribution in [3.63, 3.8) is 0 Å². The van der Waals surface area contributed by atoms with E-state index in [2.05, 4.69) is 35.5 Å². The van der Waals surface area contributed by atoms with Crippen molar-refractivity contribution in [2.45, 2.75) is 45.6 Å². The van der Waals surface area contributed by atoms with E-state index in [0.29, 0.717) is 11.6 Å². The van der Waals surface area contributed by atoms with E-state index in [1.54, 1.807) is 12.4 Å². The van der Waals surface area contributed by atoms with Crippen LogP contribution in [0.3, 0.4) is 0 Å². The molecule has 1 aliphatic rings. The van der Waals surface area contributed by atoms with E-state index in [1.165, 1.54) is 24.0 Å². The summed E-state index contributed by atoms with van der Waals surface area (Å²) in [6.45, 7) is 4.17. The van der Waals surface area contributed by atoms with E-state index in [0.717, 1.165) is 24.2 Å². The van der Waals surface area contributed by atoms with Gasteiger partial charge in [-0.3, -0.25) is 9.78 Å². The zero-order chi connectivity index (χ0) is 16.2. The van der Waals surface area contributed by atoms with Crippen LogP contribution in [0.2, 0.25) is 0 Å². The van der Waals surface area contributed by atoms with E-state index in [4.69, 9.17) is 0 Å². The van der Waals surface area contributed by atoms with E-state index in [-0.39, 0.29) is 5.91 Å². The van der Waals surface area contributed by atoms with Gasteiger partial charge in [0.1, 0.15) is 0 Å². The normalized spacial score (nSPS) is 14.7. The zero-order valence-electron chi connectivity index (χ0n) is 13.7. The molecule has 0 atom stereocenters. The van der Waals surface area contributed by atoms with E-state index < -0.39 is 0 Å². The van der Waals surface area contributed by atoms with Gasteiger partial charge >= 0.3 is 0 Å². The van der Waals surface area contributed by atoms with Gasteiger partial charge in [0.25, 0.3) is 5.91 Å². The first-order valence-corrected chi connectivity index (χ1v) is 8.22. The lowest BCUT2D eigenvalue weighted by Crippen LogP contribution is -2.32. The number of carbonyl (C=O) groups excluding carboxylic acids is 1. The third kappa shape index (κ3) is 3.70. The fourth-order valence-electron chi connectivity index (χ4n) is 3.01. The van der Waals surface area contributed by atoms with Crippen LogP contribution >= 0.6 is 0 Å². The molecule has 1 aromatic carbocycles. The SMILES string of the molecule is Cc1cccc(Nc2cncc(C(=O)NC3CCCC3)c2)c1C. The number of aryl methyl sites for hydroxylation is 1. The molecule has 0 aliphatic heterocycles. The van der Waals surface area contributed by atoms with Crippen molar-refractivity contribution in [2.75, 3.05) is 5.32 Å². The molecule has 2 aromatic rings. The van der Waals surface area contributed by atoms with Gasteiger partial charge in [-0.2, -0.15) is 0 Å². The highest BCUT2D eigenvalue weighted by Crippen LogP contribution is 2.23. The number of hydrogen-bond donors (Lipinski definition) is 2. The van der Waals surface area contributed by atoms with Gasteiger partial charge < -0.3 is 10.6 Å². The molecule has 0 radical (unpaired) electrons. The molecule has 1 aliphatic carbocycles. The summed E-state index contributed by atoms with van der Waals surface area (Å²) >= 11 is 0. The van der Waals surface area contributed by atoms with Gasteiger partial charge in [0.15, 0.2) is 0 Å². The Kier molecular flexibility index (Phi) is 4.60. The van der Waals surface area contributed by atoms with Crippen LogP contribution in [0.25, 0.3) is 0 Å². The van der Waals surface area contributed by atoms with Crippen molar-refractivity contribution in [3.8, 4) is 0 Å². The maximum atomic E-state index is 12.3. The fraction of sp³-hybridized carbons (Fsp3) is 0.368. The van der Waals surface area contributed by atoms with Gasteiger partial charge in [-0.05, 0) is 49.9 Å². The summed E-state index contributed by atoms with van der Waals surface area (Å²) in [5.74, 6) is -0.0333. The van der Waals surface area contributed by atoms with Crippen LogP contribution in [0.4, 0.5) is 11.4 Å². The number of hydrogen-bond acceptors (Lipinski definition) is 3. The topological polar surface area (TPSA) is 54.0 Å². The summed E-state index contributed by atoms with van der Waals surface area (Å²) < 4.78 is 0. The number of anilines is 2. The Morgan fingerprint density at radius 3 is 2.74 bits per heavy atom. The maximum Gasteiger partial charge on any atom is 0.253 e. The van der Waals surface area contributed by atoms with Crippen molar-refractivity contribution < 1.29 is 4.79 Å². The highest BCUT2D eigenvalue weighted by molar-refractivity contribution is 5.95. The standard InChI is InChI=1S/C19H23N3O/c1-13-6-5-9-18(14(13)2)21-17-10-15(11-20-12-17)19(23)22-16-7-3-4-8-16/h5-6,9-12,16,21H,3-4,7-8H2,1-2H3,(H,22,23). The average Bonchev–Trinajstić information content (AvgIpc) is 3.05. The van der Waals surface area contributed by atoms with Crippen molar-refractivity contribution >= 4 is 17.3 Å². The second-order valence-corrected chi connectivity index (χ2v) is 6.29. The minimum Gasteiger partial charge on any atom is -0.354 e. The zero-order valence-corrected chi connectivity index (χ0v) is 13.7. The van der Waals surface area contributed by atoms with E-state index in [1.807, 2.05) is 18.2 Å². The lowest BCUT2D eigenvalue weighted by molar-refractivity contribution is 0.0937. The van der Waals surface area contributed by atoms with Crippen LogP contribution < -0.4 is 10.6 Å². The molecule has 0 unspecified atom stereocenters. The van der Waals surface area contributed by atoms with Crippen LogP contribution in [-0.4, -0.2) is 16.9 Å². The number of benzene rings is 1. The highest BCUT2D eigenvalue weighted by Gasteiger charge is 2.18. The third-order valence-electron chi connectivity index (χ3n) is 4.57. The molecule has 23 heavy (non-hydrogen) atoms. The Morgan fingerprint density at radius 1 is 1.17 bits per heavy atom. The number of carbonyl (C=O) groups is 1. The molecule has 1 fully saturated rings. The molecule has 4 nitrogen and oxygen atoms in total. The molecule has 0 bridgehead atoms. The molecule has 1 heterocycles. The van der Waals surface area contributed by atoms with Gasteiger partial charge in [0.2, 0.25) is 0 Å². The van der Waals surface area contributed by atoms with Crippen LogP contribution in [0.5, 0.6) is 0 Å². The molecule has 0 saturated heterocycles. The number of rotatable bonds is 4. The monoisotopic (exact) mass is 309 g/mol. The minimum absolute atomic E-state index is 0.0333. The second-order valence-electron chi connectivity index (χ2n) is 6.29. The highest BCUT2D eigenvalue weighted by atomic mass is 16.1. The summed E-state index contributed by atoms with van der Waals surface area (Å²) in [5, 5.41) is 6.46. The Morgan fingerprint density at radius 2 is 1.96 bits per heavy atom. The molecule has 1 aromatic heterocycles. The molecule has 3 rings (SSSR count). The Bertz CT molecular complexity index is 706. The van der Waals surface area contributed by atoms with Gasteiger partial charge in [0, 0.05) is 17.9 Å². The van der Waals surface area contributed by atoms with E-state index >= 15 is 0 Å². The summed E-state index contributed by atoms with van der Waals surface area (Å²) in [6.07, 6.45) is 7.95. The Hall–Kier alpha value is -2.36. The average molecular weight is 309 g/mol.